The molecule has 0 fully saturated rings. The quantitative estimate of drug-likeness (QED) is 0.378. The maximum atomic E-state index is 10.0. The summed E-state index contributed by atoms with van der Waals surface area (Å²) in [5, 5.41) is 0. The predicted octanol–water partition coefficient (Wildman–Crippen LogP) is -0.637. The predicted molar refractivity (Wildman–Crippen MR) is 25.6 cm³/mol. The molecule has 0 aliphatic rings. The Balaban J connectivity index is 3.85. The third-order valence-corrected chi connectivity index (χ3v) is 1.28. The van der Waals surface area contributed by atoms with Crippen LogP contribution in [0, 0.1) is 0 Å². The summed E-state index contributed by atoms with van der Waals surface area (Å²) in [6.45, 7) is 0. The molecule has 1 unspecified atom stereocenters. The first-order chi connectivity index (χ1) is 3.12. The molecule has 0 aromatic rings. The molecule has 0 bridgehead atoms. The van der Waals surface area contributed by atoms with E-state index in [4.69, 9.17) is 4.89 Å². The Morgan fingerprint density at radius 3 is 2.29 bits per heavy atom. The molecule has 0 aliphatic carbocycles. The number of nitrogens with two attached hydrogens (primary N) is 1. The first-order valence-corrected chi connectivity index (χ1v) is 3.51. The summed E-state index contributed by atoms with van der Waals surface area (Å²) in [6, 6.07) is -0.0208. The lowest BCUT2D eigenvalue weighted by atomic mass is 11.5. The topological polar surface area (TPSA) is 80.4 Å². The van der Waals surface area contributed by atoms with Crippen molar-refractivity contribution >= 4 is 13.4 Å². The van der Waals surface area contributed by atoms with Crippen molar-refractivity contribution in [2.75, 3.05) is 6.29 Å². The van der Waals surface area contributed by atoms with Crippen LogP contribution < -0.4 is 5.73 Å². The van der Waals surface area contributed by atoms with Crippen molar-refractivity contribution in [1.29, 1.82) is 0 Å². The Morgan fingerprint density at radius 2 is 2.29 bits per heavy atom. The van der Waals surface area contributed by atoms with Crippen molar-refractivity contribution in [1.82, 2.24) is 0 Å². The fourth-order valence-corrected chi connectivity index (χ4v) is 0.129. The second-order valence-corrected chi connectivity index (χ2v) is 3.13. The molecule has 0 radical (unpaired) electrons. The molecule has 0 heterocycles. The average molecular weight is 123 g/mol. The maximum Gasteiger partial charge on any atom is 0.274 e. The van der Waals surface area contributed by atoms with Crippen molar-refractivity contribution in [2.24, 2.45) is 5.73 Å². The summed E-state index contributed by atoms with van der Waals surface area (Å²) in [5.74, 6) is 0. The van der Waals surface area contributed by atoms with E-state index in [1.54, 1.807) is 0 Å². The molecule has 42 valence electrons. The van der Waals surface area contributed by atoms with E-state index in [-0.39, 0.29) is 6.03 Å². The minimum Gasteiger partial charge on any atom is -0.338 e. The Hall–Kier alpha value is -0.180. The lowest BCUT2D eigenvalue weighted by Gasteiger charge is -1.93. The van der Waals surface area contributed by atoms with Gasteiger partial charge in [0.2, 0.25) is 6.03 Å². The summed E-state index contributed by atoms with van der Waals surface area (Å²) in [6.07, 6.45) is -0.462. The van der Waals surface area contributed by atoms with Crippen LogP contribution in [-0.2, 0) is 9.36 Å². The zero-order valence-corrected chi connectivity index (χ0v) is 4.47. The van der Waals surface area contributed by atoms with Gasteiger partial charge in [0.1, 0.15) is 0 Å². The molecule has 0 spiro atoms. The number of carbonyl (C=O) groups excluding carboxylic acids is 1. The van der Waals surface area contributed by atoms with Crippen LogP contribution in [0.3, 0.4) is 0 Å². The van der Waals surface area contributed by atoms with Crippen molar-refractivity contribution in [3.8, 4) is 0 Å². The lowest BCUT2D eigenvalue weighted by Crippen LogP contribution is -1.99. The van der Waals surface area contributed by atoms with Gasteiger partial charge in [-0.15, -0.1) is 0 Å². The summed E-state index contributed by atoms with van der Waals surface area (Å²) in [5.41, 5.74) is 4.67. The molecule has 7 heavy (non-hydrogen) atoms. The van der Waals surface area contributed by atoms with Crippen molar-refractivity contribution in [2.45, 2.75) is 0 Å². The Kier molecular flexibility index (Phi) is 2.15. The maximum absolute atomic E-state index is 10.0. The molecule has 0 rings (SSSR count). The van der Waals surface area contributed by atoms with Crippen LogP contribution in [0.1, 0.15) is 0 Å². The molecule has 0 saturated heterocycles. The average Bonchev–Trinajstić information content (AvgIpc) is 1.68. The lowest BCUT2D eigenvalue weighted by molar-refractivity contribution is 0.483. The Labute approximate surface area is 40.8 Å². The van der Waals surface area contributed by atoms with Gasteiger partial charge in [0.15, 0.2) is 0 Å². The standard InChI is InChI=1S/C2H6NO3P/c3-1-7(5,6)2-4/h2H,1,3H2,(H,5,6). The van der Waals surface area contributed by atoms with Crippen molar-refractivity contribution < 1.29 is 14.3 Å². The first kappa shape index (κ1) is 6.82. The number of hydrogen-bond acceptors (Lipinski definition) is 3. The van der Waals surface area contributed by atoms with Crippen molar-refractivity contribution in [3.05, 3.63) is 0 Å². The highest BCUT2D eigenvalue weighted by Gasteiger charge is 2.11. The molecule has 3 N–H and O–H groups in total. The van der Waals surface area contributed by atoms with Crippen molar-refractivity contribution in [3.63, 3.8) is 0 Å². The van der Waals surface area contributed by atoms with Crippen LogP contribution in [0.15, 0.2) is 0 Å². The van der Waals surface area contributed by atoms with E-state index in [9.17, 15) is 9.36 Å². The molecule has 0 amide bonds. The number of rotatable bonds is 2. The second-order valence-electron chi connectivity index (χ2n) is 1.04. The van der Waals surface area contributed by atoms with E-state index in [0.29, 0.717) is 0 Å². The van der Waals surface area contributed by atoms with Crippen LogP contribution in [0.25, 0.3) is 0 Å². The fraction of sp³-hybridized carbons (Fsp3) is 0.500. The van der Waals surface area contributed by atoms with Crippen LogP contribution in [-0.4, -0.2) is 17.2 Å². The minimum absolute atomic E-state index is 0.0208. The molecule has 5 heteroatoms. The number of carbonyl (C=O) groups is 1. The van der Waals surface area contributed by atoms with Gasteiger partial charge in [-0.1, -0.05) is 0 Å². The SMILES string of the molecule is NCP(=O)(O)C=O. The van der Waals surface area contributed by atoms with Gasteiger partial charge >= 0.3 is 0 Å². The zero-order valence-electron chi connectivity index (χ0n) is 3.57. The third kappa shape index (κ3) is 2.51. The third-order valence-electron chi connectivity index (χ3n) is 0.426. The monoisotopic (exact) mass is 123 g/mol. The van der Waals surface area contributed by atoms with Crippen LogP contribution in [0.4, 0.5) is 0 Å². The van der Waals surface area contributed by atoms with Gasteiger partial charge in [-0.3, -0.25) is 9.36 Å². The number of hydrogen-bond donors (Lipinski definition) is 2. The second kappa shape index (κ2) is 2.21. The van der Waals surface area contributed by atoms with Gasteiger partial charge in [0.25, 0.3) is 7.37 Å². The Morgan fingerprint density at radius 1 is 1.86 bits per heavy atom. The molecule has 4 nitrogen and oxygen atoms in total. The van der Waals surface area contributed by atoms with Crippen LogP contribution in [0.5, 0.6) is 0 Å². The highest BCUT2D eigenvalue weighted by atomic mass is 31.2. The fourth-order valence-electron chi connectivity index (χ4n) is 0.0430. The summed E-state index contributed by atoms with van der Waals surface area (Å²) in [4.78, 5) is 17.7. The smallest absolute Gasteiger partial charge is 0.274 e. The molecule has 0 saturated carbocycles. The molecule has 0 aliphatic heterocycles. The van der Waals surface area contributed by atoms with E-state index < -0.39 is 13.7 Å². The highest BCUT2D eigenvalue weighted by molar-refractivity contribution is 7.72. The highest BCUT2D eigenvalue weighted by Crippen LogP contribution is 2.32. The van der Waals surface area contributed by atoms with E-state index >= 15 is 0 Å². The van der Waals surface area contributed by atoms with Crippen LogP contribution >= 0.6 is 7.37 Å². The van der Waals surface area contributed by atoms with E-state index in [2.05, 4.69) is 5.73 Å². The van der Waals surface area contributed by atoms with Gasteiger partial charge in [-0.2, -0.15) is 0 Å². The largest absolute Gasteiger partial charge is 0.338 e. The van der Waals surface area contributed by atoms with E-state index in [1.807, 2.05) is 0 Å². The molecule has 0 aromatic carbocycles. The van der Waals surface area contributed by atoms with Gasteiger partial charge < -0.3 is 10.6 Å². The van der Waals surface area contributed by atoms with Crippen LogP contribution in [0.2, 0.25) is 0 Å². The zero-order chi connectivity index (χ0) is 5.91. The van der Waals surface area contributed by atoms with Gasteiger partial charge in [0.05, 0.1) is 6.29 Å². The first-order valence-electron chi connectivity index (χ1n) is 1.60. The summed E-state index contributed by atoms with van der Waals surface area (Å²) < 4.78 is 10.0. The molecular weight excluding hydrogens is 117 g/mol. The van der Waals surface area contributed by atoms with Gasteiger partial charge in [0, 0.05) is 0 Å². The van der Waals surface area contributed by atoms with Gasteiger partial charge in [-0.05, 0) is 0 Å². The molecule has 1 atom stereocenters. The van der Waals surface area contributed by atoms with E-state index in [0.717, 1.165) is 0 Å². The minimum atomic E-state index is -3.56. The van der Waals surface area contributed by atoms with Gasteiger partial charge in [-0.25, -0.2) is 0 Å². The molecular formula is C2H6NO3P. The summed E-state index contributed by atoms with van der Waals surface area (Å²) >= 11 is 0. The molecule has 0 aromatic heterocycles. The normalized spacial score (nSPS) is 18.0. The van der Waals surface area contributed by atoms with E-state index in [1.165, 1.54) is 0 Å². The Bertz CT molecular complexity index is 112. The summed E-state index contributed by atoms with van der Waals surface area (Å²) in [7, 11) is -3.56.